The highest BCUT2D eigenvalue weighted by atomic mass is 32.2. The summed E-state index contributed by atoms with van der Waals surface area (Å²) in [5.74, 6) is 3.46. The second-order valence-electron chi connectivity index (χ2n) is 6.60. The number of aliphatic imine (C=N–C) groups is 1. The summed E-state index contributed by atoms with van der Waals surface area (Å²) >= 11 is 2.04. The zero-order valence-electron chi connectivity index (χ0n) is 14.9. The zero-order chi connectivity index (χ0) is 16.9. The molecule has 0 bridgehead atoms. The first-order valence-corrected chi connectivity index (χ1v) is 9.18. The maximum atomic E-state index is 5.47. The van der Waals surface area contributed by atoms with Gasteiger partial charge in [-0.1, -0.05) is 25.1 Å². The number of nitrogens with one attached hydrogen (secondary N) is 1. The topological polar surface area (TPSA) is 36.9 Å². The van der Waals surface area contributed by atoms with Gasteiger partial charge < -0.3 is 15.0 Å². The largest absolute Gasteiger partial charge is 0.496 e. The normalized spacial score (nSPS) is 19.3. The van der Waals surface area contributed by atoms with Crippen LogP contribution in [0.5, 0.6) is 5.75 Å². The Labute approximate surface area is 144 Å². The van der Waals surface area contributed by atoms with Gasteiger partial charge in [-0.2, -0.15) is 11.8 Å². The number of para-hydroxylation sites is 1. The molecule has 1 fully saturated rings. The van der Waals surface area contributed by atoms with Gasteiger partial charge in [0.25, 0.3) is 0 Å². The summed E-state index contributed by atoms with van der Waals surface area (Å²) in [5, 5.41) is 3.54. The van der Waals surface area contributed by atoms with Gasteiger partial charge in [0.1, 0.15) is 5.75 Å². The van der Waals surface area contributed by atoms with Crippen LogP contribution in [0.1, 0.15) is 32.3 Å². The Morgan fingerprint density at radius 1 is 1.43 bits per heavy atom. The molecule has 0 saturated carbocycles. The van der Waals surface area contributed by atoms with Gasteiger partial charge >= 0.3 is 0 Å². The molecule has 128 valence electrons. The number of benzene rings is 1. The van der Waals surface area contributed by atoms with Crippen molar-refractivity contribution >= 4 is 17.7 Å². The average Bonchev–Trinajstić information content (AvgIpc) is 2.54. The van der Waals surface area contributed by atoms with E-state index in [-0.39, 0.29) is 4.75 Å². The average molecular weight is 336 g/mol. The lowest BCUT2D eigenvalue weighted by Crippen LogP contribution is -2.51. The van der Waals surface area contributed by atoms with Crippen molar-refractivity contribution in [1.82, 2.24) is 10.2 Å². The van der Waals surface area contributed by atoms with Crippen LogP contribution in [0.4, 0.5) is 0 Å². The van der Waals surface area contributed by atoms with Gasteiger partial charge in [-0.25, -0.2) is 0 Å². The quantitative estimate of drug-likeness (QED) is 0.677. The van der Waals surface area contributed by atoms with Crippen LogP contribution in [-0.4, -0.2) is 55.2 Å². The van der Waals surface area contributed by atoms with Crippen molar-refractivity contribution in [2.75, 3.05) is 39.5 Å². The number of ether oxygens (including phenoxy) is 1. The SMILES string of the molecule is CN=C(NCC(C)c1ccccc1OC)N1CCSC(C)(C)C1. The van der Waals surface area contributed by atoms with E-state index in [1.54, 1.807) is 7.11 Å². The first-order valence-electron chi connectivity index (χ1n) is 8.19. The van der Waals surface area contributed by atoms with Crippen molar-refractivity contribution in [1.29, 1.82) is 0 Å². The number of hydrogen-bond acceptors (Lipinski definition) is 3. The smallest absolute Gasteiger partial charge is 0.193 e. The maximum absolute atomic E-state index is 5.47. The van der Waals surface area contributed by atoms with Crippen molar-refractivity contribution in [3.63, 3.8) is 0 Å². The van der Waals surface area contributed by atoms with Crippen LogP contribution in [0.2, 0.25) is 0 Å². The molecule has 0 aliphatic carbocycles. The lowest BCUT2D eigenvalue weighted by molar-refractivity contribution is 0.374. The van der Waals surface area contributed by atoms with Crippen molar-refractivity contribution < 1.29 is 4.74 Å². The number of methoxy groups -OCH3 is 1. The molecule has 0 amide bonds. The van der Waals surface area contributed by atoms with Gasteiger partial charge in [0.15, 0.2) is 5.96 Å². The fourth-order valence-electron chi connectivity index (χ4n) is 2.96. The number of thioether (sulfide) groups is 1. The molecule has 1 unspecified atom stereocenters. The minimum atomic E-state index is 0.282. The molecular weight excluding hydrogens is 306 g/mol. The van der Waals surface area contributed by atoms with Crippen LogP contribution in [0.15, 0.2) is 29.3 Å². The van der Waals surface area contributed by atoms with Gasteiger partial charge in [-0.05, 0) is 25.5 Å². The molecule has 1 aromatic rings. The zero-order valence-corrected chi connectivity index (χ0v) is 15.7. The van der Waals surface area contributed by atoms with E-state index < -0.39 is 0 Å². The summed E-state index contributed by atoms with van der Waals surface area (Å²) in [7, 11) is 3.59. The molecule has 1 aromatic carbocycles. The highest BCUT2D eigenvalue weighted by molar-refractivity contribution is 8.00. The predicted molar refractivity (Wildman–Crippen MR) is 101 cm³/mol. The summed E-state index contributed by atoms with van der Waals surface area (Å²) in [6, 6.07) is 8.22. The first-order chi connectivity index (χ1) is 11.0. The summed E-state index contributed by atoms with van der Waals surface area (Å²) < 4.78 is 5.75. The third-order valence-corrected chi connectivity index (χ3v) is 5.47. The first kappa shape index (κ1) is 18.0. The molecule has 5 heteroatoms. The molecule has 1 heterocycles. The van der Waals surface area contributed by atoms with Crippen LogP contribution in [0.25, 0.3) is 0 Å². The second-order valence-corrected chi connectivity index (χ2v) is 8.40. The third kappa shape index (κ3) is 4.80. The van der Waals surface area contributed by atoms with Crippen molar-refractivity contribution in [3.8, 4) is 5.75 Å². The summed E-state index contributed by atoms with van der Waals surface area (Å²) in [6.07, 6.45) is 0. The molecule has 1 aliphatic rings. The van der Waals surface area contributed by atoms with E-state index in [9.17, 15) is 0 Å². The lowest BCUT2D eigenvalue weighted by Gasteiger charge is -2.39. The summed E-state index contributed by atoms with van der Waals surface area (Å²) in [6.45, 7) is 9.74. The predicted octanol–water partition coefficient (Wildman–Crippen LogP) is 3.20. The Morgan fingerprint density at radius 2 is 2.17 bits per heavy atom. The molecule has 0 spiro atoms. The monoisotopic (exact) mass is 335 g/mol. The van der Waals surface area contributed by atoms with Crippen molar-refractivity contribution in [2.24, 2.45) is 4.99 Å². The Bertz CT molecular complexity index is 545. The number of guanidine groups is 1. The minimum Gasteiger partial charge on any atom is -0.496 e. The van der Waals surface area contributed by atoms with E-state index in [4.69, 9.17) is 4.74 Å². The van der Waals surface area contributed by atoms with Crippen LogP contribution in [-0.2, 0) is 0 Å². The molecule has 1 atom stereocenters. The van der Waals surface area contributed by atoms with Gasteiger partial charge in [-0.3, -0.25) is 4.99 Å². The lowest BCUT2D eigenvalue weighted by atomic mass is 10.0. The minimum absolute atomic E-state index is 0.282. The molecule has 1 saturated heterocycles. The maximum Gasteiger partial charge on any atom is 0.193 e. The third-order valence-electron chi connectivity index (χ3n) is 4.17. The van der Waals surface area contributed by atoms with E-state index in [0.717, 1.165) is 37.1 Å². The Balaban J connectivity index is 1.98. The molecule has 1 aliphatic heterocycles. The fourth-order valence-corrected chi connectivity index (χ4v) is 4.07. The van der Waals surface area contributed by atoms with Gasteiger partial charge in [0.2, 0.25) is 0 Å². The highest BCUT2D eigenvalue weighted by Crippen LogP contribution is 2.29. The molecule has 23 heavy (non-hydrogen) atoms. The van der Waals surface area contributed by atoms with E-state index in [1.165, 1.54) is 5.56 Å². The molecule has 4 nitrogen and oxygen atoms in total. The van der Waals surface area contributed by atoms with Crippen LogP contribution in [0.3, 0.4) is 0 Å². The highest BCUT2D eigenvalue weighted by Gasteiger charge is 2.28. The van der Waals surface area contributed by atoms with Crippen LogP contribution >= 0.6 is 11.8 Å². The van der Waals surface area contributed by atoms with Crippen molar-refractivity contribution in [2.45, 2.75) is 31.4 Å². The van der Waals surface area contributed by atoms with Crippen molar-refractivity contribution in [3.05, 3.63) is 29.8 Å². The van der Waals surface area contributed by atoms with E-state index in [1.807, 2.05) is 30.9 Å². The number of rotatable bonds is 4. The molecule has 2 rings (SSSR count). The molecule has 1 N–H and O–H groups in total. The second kappa shape index (κ2) is 7.95. The Morgan fingerprint density at radius 3 is 2.83 bits per heavy atom. The van der Waals surface area contributed by atoms with Crippen LogP contribution in [0, 0.1) is 0 Å². The van der Waals surface area contributed by atoms with Gasteiger partial charge in [0, 0.05) is 43.1 Å². The molecule has 0 radical (unpaired) electrons. The van der Waals surface area contributed by atoms with Gasteiger partial charge in [0.05, 0.1) is 7.11 Å². The standard InChI is InChI=1S/C18H29N3OS/c1-14(15-8-6-7-9-16(15)22-5)12-20-17(19-4)21-10-11-23-18(2,3)13-21/h6-9,14H,10-13H2,1-5H3,(H,19,20). The van der Waals surface area contributed by atoms with E-state index >= 15 is 0 Å². The van der Waals surface area contributed by atoms with E-state index in [2.05, 4.69) is 48.1 Å². The number of nitrogens with zero attached hydrogens (tertiary/aromatic N) is 2. The Hall–Kier alpha value is -1.36. The summed E-state index contributed by atoms with van der Waals surface area (Å²) in [4.78, 5) is 6.84. The molecule has 0 aromatic heterocycles. The Kier molecular flexibility index (Phi) is 6.22. The van der Waals surface area contributed by atoms with Crippen LogP contribution < -0.4 is 10.1 Å². The van der Waals surface area contributed by atoms with Gasteiger partial charge in [-0.15, -0.1) is 0 Å². The number of hydrogen-bond donors (Lipinski definition) is 1. The fraction of sp³-hybridized carbons (Fsp3) is 0.611. The molecular formula is C18H29N3OS. The van der Waals surface area contributed by atoms with E-state index in [0.29, 0.717) is 5.92 Å². The summed E-state index contributed by atoms with van der Waals surface area (Å²) in [5.41, 5.74) is 1.23.